The molecule has 0 unspecified atom stereocenters. The topological polar surface area (TPSA) is 204 Å². The molecule has 0 saturated carbocycles. The molecule has 70 heavy (non-hydrogen) atoms. The van der Waals surface area contributed by atoms with Crippen molar-refractivity contribution in [3.05, 3.63) is 166 Å². The van der Waals surface area contributed by atoms with Crippen molar-refractivity contribution in [1.29, 1.82) is 0 Å². The molecule has 0 saturated heterocycles. The first-order valence-electron chi connectivity index (χ1n) is 22.7. The quantitative estimate of drug-likeness (QED) is 0.0498. The predicted molar refractivity (Wildman–Crippen MR) is 273 cm³/mol. The van der Waals surface area contributed by atoms with Crippen LogP contribution in [-0.4, -0.2) is 65.4 Å². The van der Waals surface area contributed by atoms with Gasteiger partial charge in [-0.1, -0.05) is 95.6 Å². The van der Waals surface area contributed by atoms with Crippen molar-refractivity contribution in [2.24, 2.45) is 0 Å². The first-order chi connectivity index (χ1) is 33.1. The van der Waals surface area contributed by atoms with Gasteiger partial charge in [-0.2, -0.15) is 0 Å². The lowest BCUT2D eigenvalue weighted by Crippen LogP contribution is -2.20. The molecule has 14 nitrogen and oxygen atoms in total. The minimum absolute atomic E-state index is 0.0194. The average Bonchev–Trinajstić information content (AvgIpc) is 3.29. The van der Waals surface area contributed by atoms with Gasteiger partial charge < -0.3 is 29.2 Å². The van der Waals surface area contributed by atoms with Gasteiger partial charge in [0.1, 0.15) is 49.4 Å². The van der Waals surface area contributed by atoms with E-state index in [2.05, 4.69) is 23.3 Å². The number of benzene rings is 6. The van der Waals surface area contributed by atoms with Crippen LogP contribution in [0.15, 0.2) is 131 Å². The van der Waals surface area contributed by atoms with Gasteiger partial charge >= 0.3 is 11.9 Å². The number of anilines is 2. The highest BCUT2D eigenvalue weighted by atomic mass is 32.2. The zero-order chi connectivity index (χ0) is 51.3. The number of ether oxygens (including phenoxy) is 4. The Hall–Kier alpha value is -7.04. The summed E-state index contributed by atoms with van der Waals surface area (Å²) in [6.45, 7) is 18.5. The fraction of sp³-hybridized carbons (Fsp3) is 0.296. The number of carboxylic acid groups (broad SMARTS) is 2. The summed E-state index contributed by atoms with van der Waals surface area (Å²) in [5.74, 6) is 0.0990. The number of aromatic carboxylic acids is 2. The highest BCUT2D eigenvalue weighted by molar-refractivity contribution is 7.93. The molecule has 0 aromatic heterocycles. The molecule has 6 rings (SSSR count). The first kappa shape index (κ1) is 53.9. The Morgan fingerprint density at radius 3 is 1.20 bits per heavy atom. The van der Waals surface area contributed by atoms with Crippen LogP contribution in [0.2, 0.25) is 0 Å². The van der Waals surface area contributed by atoms with Crippen molar-refractivity contribution in [3.63, 3.8) is 0 Å². The minimum atomic E-state index is -3.92. The van der Waals surface area contributed by atoms with E-state index in [1.165, 1.54) is 24.3 Å². The molecule has 0 aliphatic rings. The molecular formula is C54H62N2O12S2. The minimum Gasteiger partial charge on any atom is -0.490 e. The number of rotatable bonds is 21. The largest absolute Gasteiger partial charge is 0.490 e. The number of hydrogen-bond donors (Lipinski definition) is 4. The van der Waals surface area contributed by atoms with Crippen molar-refractivity contribution < 1.29 is 55.6 Å². The zero-order valence-electron chi connectivity index (χ0n) is 40.9. The van der Waals surface area contributed by atoms with Crippen molar-refractivity contribution in [2.45, 2.75) is 89.9 Å². The molecule has 372 valence electrons. The van der Waals surface area contributed by atoms with E-state index in [9.17, 15) is 26.4 Å². The normalized spacial score (nSPS) is 11.4. The second-order valence-corrected chi connectivity index (χ2v) is 20.7. The number of para-hydroxylation sites is 4. The van der Waals surface area contributed by atoms with Crippen LogP contribution in [0.1, 0.15) is 113 Å². The maximum absolute atomic E-state index is 13.8. The lowest BCUT2D eigenvalue weighted by Gasteiger charge is -2.23. The number of hydrogen-bond acceptors (Lipinski definition) is 10. The van der Waals surface area contributed by atoms with Crippen LogP contribution in [0.25, 0.3) is 0 Å². The number of carboxylic acids is 2. The van der Waals surface area contributed by atoms with E-state index in [-0.39, 0.29) is 60.2 Å². The first-order valence-corrected chi connectivity index (χ1v) is 25.7. The fourth-order valence-electron chi connectivity index (χ4n) is 7.55. The maximum atomic E-state index is 13.8. The van der Waals surface area contributed by atoms with Crippen LogP contribution in [-0.2, 0) is 20.0 Å². The predicted octanol–water partition coefficient (Wildman–Crippen LogP) is 11.6. The van der Waals surface area contributed by atoms with Crippen molar-refractivity contribution in [2.75, 3.05) is 35.9 Å². The third-order valence-electron chi connectivity index (χ3n) is 10.9. The molecule has 0 spiro atoms. The van der Waals surface area contributed by atoms with Gasteiger partial charge in [-0.15, -0.1) is 0 Å². The summed E-state index contributed by atoms with van der Waals surface area (Å²) in [6.07, 6.45) is 0. The van der Waals surface area contributed by atoms with Crippen molar-refractivity contribution in [1.82, 2.24) is 0 Å². The molecule has 6 aromatic carbocycles. The van der Waals surface area contributed by atoms with Gasteiger partial charge in [-0.25, -0.2) is 26.4 Å². The van der Waals surface area contributed by atoms with E-state index >= 15 is 0 Å². The van der Waals surface area contributed by atoms with Gasteiger partial charge in [0.15, 0.2) is 0 Å². The summed E-state index contributed by atoms with van der Waals surface area (Å²) in [5, 5.41) is 17.9. The van der Waals surface area contributed by atoms with Crippen LogP contribution < -0.4 is 28.4 Å². The molecule has 0 amide bonds. The average molecular weight is 995 g/mol. The second-order valence-electron chi connectivity index (χ2n) is 17.5. The third-order valence-corrected chi connectivity index (χ3v) is 14.1. The van der Waals surface area contributed by atoms with Crippen LogP contribution in [0.5, 0.6) is 23.0 Å². The van der Waals surface area contributed by atoms with Gasteiger partial charge in [0.05, 0.1) is 32.3 Å². The highest BCUT2D eigenvalue weighted by Gasteiger charge is 2.28. The van der Waals surface area contributed by atoms with E-state index in [1.54, 1.807) is 86.6 Å². The van der Waals surface area contributed by atoms with E-state index in [4.69, 9.17) is 29.2 Å². The number of carbonyl (C=O) groups is 2. The third kappa shape index (κ3) is 14.5. The molecule has 0 aliphatic heterocycles. The lowest BCUT2D eigenvalue weighted by molar-refractivity contribution is 0.0686. The molecule has 6 aromatic rings. The molecule has 0 bridgehead atoms. The number of nitrogens with one attached hydrogen (secondary N) is 2. The summed E-state index contributed by atoms with van der Waals surface area (Å²) in [7, 11) is -7.73. The molecule has 0 heterocycles. The van der Waals surface area contributed by atoms with Crippen LogP contribution >= 0.6 is 0 Å². The van der Waals surface area contributed by atoms with Gasteiger partial charge in [0.25, 0.3) is 20.0 Å². The molecule has 16 heteroatoms. The monoisotopic (exact) mass is 994 g/mol. The van der Waals surface area contributed by atoms with Crippen LogP contribution in [0.3, 0.4) is 0 Å². The molecular weight excluding hydrogens is 933 g/mol. The molecule has 0 atom stereocenters. The van der Waals surface area contributed by atoms with E-state index in [0.717, 1.165) is 22.3 Å². The van der Waals surface area contributed by atoms with E-state index in [1.807, 2.05) is 58.9 Å². The summed E-state index contributed by atoms with van der Waals surface area (Å²) >= 11 is 0. The fourth-order valence-corrected chi connectivity index (χ4v) is 10.8. The summed E-state index contributed by atoms with van der Waals surface area (Å²) < 4.78 is 82.0. The lowest BCUT2D eigenvalue weighted by atomic mass is 9.89. The van der Waals surface area contributed by atoms with Gasteiger partial charge in [-0.05, 0) is 139 Å². The Morgan fingerprint density at radius 1 is 0.486 bits per heavy atom. The Bertz CT molecular complexity index is 2940. The zero-order valence-corrected chi connectivity index (χ0v) is 42.5. The Morgan fingerprint density at radius 2 is 0.843 bits per heavy atom. The Labute approximate surface area is 411 Å². The van der Waals surface area contributed by atoms with E-state index < -0.39 is 32.0 Å². The molecule has 0 aliphatic carbocycles. The number of sulfonamides is 2. The van der Waals surface area contributed by atoms with Crippen molar-refractivity contribution in [3.8, 4) is 23.0 Å². The molecule has 0 fully saturated rings. The standard InChI is InChI=1S/C30H37NO6S.C24H25NO6S/c1-19(2)23-17-25(20(3)4)29(26(18-23)21(5)6)38(34,35)31-27-9-7-8-10-28(27)37-16-15-36-24-13-11-22(12-14-24)30(32)33;1-16-14-17(2)23(18(3)15-16)32(28,29)25-21-6-4-5-7-22(21)31-13-12-30-20-10-8-19(9-11-20)24(26)27/h7-14,17-21,31H,15-16H2,1-6H3,(H,32,33);4-11,14-15,25H,12-13H2,1-3H3,(H,26,27). The van der Waals surface area contributed by atoms with E-state index in [0.29, 0.717) is 50.4 Å². The van der Waals surface area contributed by atoms with Crippen molar-refractivity contribution >= 4 is 43.4 Å². The Kier molecular flexibility index (Phi) is 18.5. The number of aryl methyl sites for hydroxylation is 3. The summed E-state index contributed by atoms with van der Waals surface area (Å²) in [4.78, 5) is 22.5. The highest BCUT2D eigenvalue weighted by Crippen LogP contribution is 2.37. The van der Waals surface area contributed by atoms with Gasteiger partial charge in [-0.3, -0.25) is 9.44 Å². The summed E-state index contributed by atoms with van der Waals surface area (Å²) in [6, 6.07) is 33.5. The second kappa shape index (κ2) is 24.0. The van der Waals surface area contributed by atoms with Crippen LogP contribution in [0, 0.1) is 20.8 Å². The Balaban J connectivity index is 0.000000265. The smallest absolute Gasteiger partial charge is 0.335 e. The van der Waals surface area contributed by atoms with Gasteiger partial charge in [0.2, 0.25) is 0 Å². The molecule has 0 radical (unpaired) electrons. The SMILES string of the molecule is CC(C)c1cc(C(C)C)c(S(=O)(=O)Nc2ccccc2OCCOc2ccc(C(=O)O)cc2)c(C(C)C)c1.Cc1cc(C)c(S(=O)(=O)Nc2ccccc2OCCOc2ccc(C(=O)O)cc2)c(C)c1. The van der Waals surface area contributed by atoms with Crippen LogP contribution in [0.4, 0.5) is 11.4 Å². The maximum Gasteiger partial charge on any atom is 0.335 e. The molecule has 4 N–H and O–H groups in total. The summed E-state index contributed by atoms with van der Waals surface area (Å²) in [5.41, 5.74) is 6.10. The van der Waals surface area contributed by atoms with Gasteiger partial charge in [0, 0.05) is 0 Å².